The van der Waals surface area contributed by atoms with Crippen LogP contribution in [0.5, 0.6) is 0 Å². The van der Waals surface area contributed by atoms with E-state index in [2.05, 4.69) is 39.8 Å². The average Bonchev–Trinajstić information content (AvgIpc) is 2.98. The molecule has 0 aliphatic rings. The van der Waals surface area contributed by atoms with Crippen molar-refractivity contribution in [2.45, 2.75) is 12.6 Å². The van der Waals surface area contributed by atoms with Crippen molar-refractivity contribution in [2.24, 2.45) is 5.73 Å². The van der Waals surface area contributed by atoms with Gasteiger partial charge in [0.1, 0.15) is 6.04 Å². The summed E-state index contributed by atoms with van der Waals surface area (Å²) in [7, 11) is 0. The maximum atomic E-state index is 5.73. The lowest BCUT2D eigenvalue weighted by atomic mass is 9.99. The molecule has 0 saturated carbocycles. The minimum absolute atomic E-state index is 0.0639. The first kappa shape index (κ1) is 12.5. The molecule has 20 heavy (non-hydrogen) atoms. The van der Waals surface area contributed by atoms with Crippen LogP contribution in [-0.4, -0.2) is 20.2 Å². The molecule has 100 valence electrons. The van der Waals surface area contributed by atoms with Crippen molar-refractivity contribution in [3.63, 3.8) is 0 Å². The molecule has 0 aliphatic carbocycles. The third kappa shape index (κ3) is 2.31. The number of nitrogens with two attached hydrogens (primary N) is 1. The van der Waals surface area contributed by atoms with Crippen LogP contribution in [0.1, 0.15) is 23.0 Å². The molecular formula is C15H15N5. The van der Waals surface area contributed by atoms with Crippen LogP contribution >= 0.6 is 0 Å². The number of nitrogens with zero attached hydrogens (tertiary/aromatic N) is 4. The maximum Gasteiger partial charge on any atom is 0.165 e. The molecule has 0 amide bonds. The fourth-order valence-corrected chi connectivity index (χ4v) is 2.29. The zero-order valence-corrected chi connectivity index (χ0v) is 10.9. The Bertz CT molecular complexity index is 624. The number of hydrogen-bond acceptors (Lipinski definition) is 4. The summed E-state index contributed by atoms with van der Waals surface area (Å²) in [6.45, 7) is 0.309. The molecule has 2 aromatic carbocycles. The molecule has 0 radical (unpaired) electrons. The van der Waals surface area contributed by atoms with Crippen LogP contribution in [0.4, 0.5) is 0 Å². The highest BCUT2D eigenvalue weighted by atomic mass is 15.6. The van der Waals surface area contributed by atoms with Crippen LogP contribution in [0.15, 0.2) is 60.7 Å². The molecule has 3 rings (SSSR count). The lowest BCUT2D eigenvalue weighted by molar-refractivity contribution is 0.547. The van der Waals surface area contributed by atoms with Crippen LogP contribution in [0, 0.1) is 0 Å². The smallest absolute Gasteiger partial charge is 0.165 e. The molecule has 1 heterocycles. The second-order valence-corrected chi connectivity index (χ2v) is 4.47. The topological polar surface area (TPSA) is 69.6 Å². The van der Waals surface area contributed by atoms with Gasteiger partial charge in [-0.1, -0.05) is 60.7 Å². The van der Waals surface area contributed by atoms with Crippen molar-refractivity contribution in [3.8, 4) is 0 Å². The zero-order chi connectivity index (χ0) is 13.8. The van der Waals surface area contributed by atoms with E-state index in [4.69, 9.17) is 5.73 Å². The molecular weight excluding hydrogens is 250 g/mol. The third-order valence-corrected chi connectivity index (χ3v) is 3.22. The first-order chi connectivity index (χ1) is 9.90. The van der Waals surface area contributed by atoms with Gasteiger partial charge < -0.3 is 5.73 Å². The van der Waals surface area contributed by atoms with Crippen LogP contribution in [0.2, 0.25) is 0 Å². The monoisotopic (exact) mass is 265 g/mol. The second-order valence-electron chi connectivity index (χ2n) is 4.47. The normalized spacial score (nSPS) is 10.9. The Hall–Kier alpha value is -2.53. The second kappa shape index (κ2) is 5.63. The van der Waals surface area contributed by atoms with E-state index in [0.717, 1.165) is 11.1 Å². The van der Waals surface area contributed by atoms with E-state index in [1.807, 2.05) is 36.4 Å². The molecule has 0 fully saturated rings. The summed E-state index contributed by atoms with van der Waals surface area (Å²) in [5.74, 6) is 0.669. The number of aromatic nitrogens is 4. The van der Waals surface area contributed by atoms with Crippen LogP contribution in [0.3, 0.4) is 0 Å². The number of rotatable bonds is 4. The predicted octanol–water partition coefficient (Wildman–Crippen LogP) is 1.77. The number of tetrazole rings is 1. The number of benzene rings is 2. The van der Waals surface area contributed by atoms with Crippen molar-refractivity contribution < 1.29 is 0 Å². The lowest BCUT2D eigenvalue weighted by Gasteiger charge is -2.19. The minimum atomic E-state index is -0.0639. The van der Waals surface area contributed by atoms with Gasteiger partial charge in [-0.25, -0.2) is 4.68 Å². The highest BCUT2D eigenvalue weighted by Gasteiger charge is 2.20. The fourth-order valence-electron chi connectivity index (χ4n) is 2.29. The highest BCUT2D eigenvalue weighted by molar-refractivity contribution is 5.32. The van der Waals surface area contributed by atoms with Gasteiger partial charge in [-0.05, 0) is 21.6 Å². The van der Waals surface area contributed by atoms with Crippen molar-refractivity contribution >= 4 is 0 Å². The fraction of sp³-hybridized carbons (Fsp3) is 0.133. The molecule has 0 saturated heterocycles. The molecule has 5 heteroatoms. The third-order valence-electron chi connectivity index (χ3n) is 3.22. The summed E-state index contributed by atoms with van der Waals surface area (Å²) in [6.07, 6.45) is 0. The summed E-state index contributed by atoms with van der Waals surface area (Å²) < 4.78 is 1.78. The van der Waals surface area contributed by atoms with E-state index >= 15 is 0 Å². The van der Waals surface area contributed by atoms with E-state index in [0.29, 0.717) is 12.4 Å². The molecule has 0 bridgehead atoms. The Morgan fingerprint density at radius 3 is 1.95 bits per heavy atom. The van der Waals surface area contributed by atoms with Crippen LogP contribution in [-0.2, 0) is 6.54 Å². The largest absolute Gasteiger partial charge is 0.324 e. The van der Waals surface area contributed by atoms with Gasteiger partial charge in [0, 0.05) is 0 Å². The van der Waals surface area contributed by atoms with Crippen molar-refractivity contribution in [2.75, 3.05) is 0 Å². The summed E-state index contributed by atoms with van der Waals surface area (Å²) in [6, 6.07) is 20.2. The Labute approximate surface area is 117 Å². The van der Waals surface area contributed by atoms with E-state index in [1.165, 1.54) is 0 Å². The molecule has 0 spiro atoms. The summed E-state index contributed by atoms with van der Waals surface area (Å²) >= 11 is 0. The van der Waals surface area contributed by atoms with E-state index in [1.54, 1.807) is 4.68 Å². The van der Waals surface area contributed by atoms with Crippen LogP contribution < -0.4 is 5.73 Å². The van der Waals surface area contributed by atoms with Gasteiger partial charge in [0.2, 0.25) is 0 Å². The molecule has 0 aliphatic heterocycles. The van der Waals surface area contributed by atoms with E-state index in [9.17, 15) is 0 Å². The van der Waals surface area contributed by atoms with Crippen molar-refractivity contribution in [1.82, 2.24) is 20.2 Å². The Morgan fingerprint density at radius 2 is 1.45 bits per heavy atom. The van der Waals surface area contributed by atoms with Gasteiger partial charge in [-0.2, -0.15) is 0 Å². The predicted molar refractivity (Wildman–Crippen MR) is 75.8 cm³/mol. The Morgan fingerprint density at radius 1 is 0.900 bits per heavy atom. The van der Waals surface area contributed by atoms with Gasteiger partial charge in [-0.3, -0.25) is 0 Å². The van der Waals surface area contributed by atoms with Gasteiger partial charge in [0.25, 0.3) is 0 Å². The van der Waals surface area contributed by atoms with Gasteiger partial charge in [0.05, 0.1) is 6.54 Å². The van der Waals surface area contributed by atoms with Gasteiger partial charge >= 0.3 is 0 Å². The van der Waals surface area contributed by atoms with Gasteiger partial charge in [-0.15, -0.1) is 5.10 Å². The van der Waals surface area contributed by atoms with Crippen molar-refractivity contribution in [3.05, 3.63) is 77.6 Å². The van der Waals surface area contributed by atoms with Gasteiger partial charge in [0.15, 0.2) is 5.82 Å². The molecule has 1 aromatic heterocycles. The lowest BCUT2D eigenvalue weighted by Crippen LogP contribution is -2.18. The van der Waals surface area contributed by atoms with E-state index < -0.39 is 0 Å². The molecule has 0 atom stereocenters. The molecule has 0 unspecified atom stereocenters. The molecule has 2 N–H and O–H groups in total. The minimum Gasteiger partial charge on any atom is -0.324 e. The average molecular weight is 265 g/mol. The zero-order valence-electron chi connectivity index (χ0n) is 10.9. The SMILES string of the molecule is NCc1nnnn1C(c1ccccc1)c1ccccc1. The Kier molecular flexibility index (Phi) is 3.52. The summed E-state index contributed by atoms with van der Waals surface area (Å²) in [5, 5.41) is 11.8. The Balaban J connectivity index is 2.14. The molecule has 5 nitrogen and oxygen atoms in total. The van der Waals surface area contributed by atoms with E-state index in [-0.39, 0.29) is 6.04 Å². The standard InChI is InChI=1S/C15H15N5/c16-11-14-17-18-19-20(14)15(12-7-3-1-4-8-12)13-9-5-2-6-10-13/h1-10,15H,11,16H2. The van der Waals surface area contributed by atoms with Crippen LogP contribution in [0.25, 0.3) is 0 Å². The first-order valence-corrected chi connectivity index (χ1v) is 6.47. The molecule has 3 aromatic rings. The summed E-state index contributed by atoms with van der Waals surface area (Å²) in [5.41, 5.74) is 7.98. The summed E-state index contributed by atoms with van der Waals surface area (Å²) in [4.78, 5) is 0. The highest BCUT2D eigenvalue weighted by Crippen LogP contribution is 2.26. The quantitative estimate of drug-likeness (QED) is 0.780. The maximum absolute atomic E-state index is 5.73. The number of hydrogen-bond donors (Lipinski definition) is 1. The van der Waals surface area contributed by atoms with Crippen molar-refractivity contribution in [1.29, 1.82) is 0 Å². The first-order valence-electron chi connectivity index (χ1n) is 6.47.